The van der Waals surface area contributed by atoms with Crippen LogP contribution in [0.3, 0.4) is 0 Å². The second-order valence-corrected chi connectivity index (χ2v) is 1.08. The van der Waals surface area contributed by atoms with E-state index in [1.165, 1.54) is 6.42 Å². The van der Waals surface area contributed by atoms with Crippen LogP contribution in [0.5, 0.6) is 0 Å². The molecule has 0 saturated heterocycles. The van der Waals surface area contributed by atoms with Crippen LogP contribution in [0.4, 0.5) is 0 Å². The third-order valence-corrected chi connectivity index (χ3v) is 0.493. The van der Waals surface area contributed by atoms with Crippen molar-refractivity contribution in [1.29, 1.82) is 0 Å². The molecule has 5 heavy (non-hydrogen) atoms. The van der Waals surface area contributed by atoms with Gasteiger partial charge in [0.2, 0.25) is 0 Å². The zero-order valence-electron chi connectivity index (χ0n) is 3.70. The Morgan fingerprint density at radius 2 is 2.40 bits per heavy atom. The minimum absolute atomic E-state index is 1.15. The van der Waals surface area contributed by atoms with E-state index in [0.29, 0.717) is 0 Å². The molecule has 0 aromatic carbocycles. The molecule has 1 heteroatoms. The molecule has 0 bridgehead atoms. The summed E-state index contributed by atoms with van der Waals surface area (Å²) in [5, 5.41) is 0. The van der Waals surface area contributed by atoms with Crippen LogP contribution in [0.15, 0.2) is 0 Å². The van der Waals surface area contributed by atoms with Crippen molar-refractivity contribution < 1.29 is 0 Å². The molecular formula is C4H9B. The summed E-state index contributed by atoms with van der Waals surface area (Å²) in [6.45, 7) is 2.14. The van der Waals surface area contributed by atoms with Gasteiger partial charge in [0, 0.05) is 0 Å². The predicted molar refractivity (Wildman–Crippen MR) is 28.1 cm³/mol. The van der Waals surface area contributed by atoms with E-state index in [-0.39, 0.29) is 0 Å². The van der Waals surface area contributed by atoms with Gasteiger partial charge < -0.3 is 0 Å². The zero-order valence-corrected chi connectivity index (χ0v) is 3.70. The molecule has 0 N–H and O–H groups in total. The van der Waals surface area contributed by atoms with E-state index in [4.69, 9.17) is 0 Å². The molecule has 0 aromatic heterocycles. The van der Waals surface area contributed by atoms with Gasteiger partial charge in [-0.3, -0.25) is 0 Å². The van der Waals surface area contributed by atoms with E-state index in [2.05, 4.69) is 14.4 Å². The summed E-state index contributed by atoms with van der Waals surface area (Å²) in [6.07, 6.45) is 2.38. The van der Waals surface area contributed by atoms with Gasteiger partial charge in [0.15, 0.2) is 0 Å². The third-order valence-electron chi connectivity index (χ3n) is 0.493. The number of hydrogen-bond acceptors (Lipinski definition) is 0. The SMILES string of the molecule is B=CCCC. The zero-order chi connectivity index (χ0) is 4.12. The topological polar surface area (TPSA) is 0 Å². The molecule has 0 atom stereocenters. The molecule has 0 fully saturated rings. The summed E-state index contributed by atoms with van der Waals surface area (Å²) in [5.41, 5.74) is 0. The fraction of sp³-hybridized carbons (Fsp3) is 0.750. The van der Waals surface area contributed by atoms with Gasteiger partial charge in [0.25, 0.3) is 0 Å². The maximum atomic E-state index is 3.55. The van der Waals surface area contributed by atoms with Crippen molar-refractivity contribution in [3.63, 3.8) is 0 Å². The standard InChI is InChI=1S/C4H9B/c1-2-3-4-5/h4-5H,2-3H2,1H3. The Morgan fingerprint density at radius 1 is 1.80 bits per heavy atom. The summed E-state index contributed by atoms with van der Waals surface area (Å²) < 4.78 is 0. The van der Waals surface area contributed by atoms with E-state index >= 15 is 0 Å². The van der Waals surface area contributed by atoms with Crippen molar-refractivity contribution in [3.8, 4) is 0 Å². The van der Waals surface area contributed by atoms with Crippen molar-refractivity contribution in [2.75, 3.05) is 0 Å². The fourth-order valence-electron chi connectivity index (χ4n) is 0.204. The molecule has 0 nitrogen and oxygen atoms in total. The van der Waals surface area contributed by atoms with Crippen molar-refractivity contribution in [1.82, 2.24) is 0 Å². The molecule has 0 radical (unpaired) electrons. The minimum atomic E-state index is 1.15. The Bertz CT molecular complexity index is 24.8. The van der Waals surface area contributed by atoms with Crippen LogP contribution in [0, 0.1) is 0 Å². The van der Waals surface area contributed by atoms with Gasteiger partial charge in [-0.2, -0.15) is 0 Å². The third kappa shape index (κ3) is 3.93. The average Bonchev–Trinajstić information content (AvgIpc) is 1.41. The van der Waals surface area contributed by atoms with Gasteiger partial charge in [-0.05, 0) is 0 Å². The Hall–Kier alpha value is -0.0651. The monoisotopic (exact) mass is 68.1 g/mol. The van der Waals surface area contributed by atoms with Gasteiger partial charge >= 0.3 is 33.2 Å². The van der Waals surface area contributed by atoms with Crippen molar-refractivity contribution >= 4 is 13.5 Å². The predicted octanol–water partition coefficient (Wildman–Crippen LogP) is 0.489. The molecule has 0 unspecified atom stereocenters. The molecule has 0 spiro atoms. The second-order valence-electron chi connectivity index (χ2n) is 1.08. The fourth-order valence-corrected chi connectivity index (χ4v) is 0.204. The first-order valence-electron chi connectivity index (χ1n) is 2.02. The van der Waals surface area contributed by atoms with Crippen molar-refractivity contribution in [2.24, 2.45) is 0 Å². The molecule has 0 rings (SSSR count). The van der Waals surface area contributed by atoms with E-state index in [1.807, 2.05) is 5.97 Å². The Morgan fingerprint density at radius 3 is 2.40 bits per heavy atom. The van der Waals surface area contributed by atoms with Crippen LogP contribution >= 0.6 is 0 Å². The van der Waals surface area contributed by atoms with Crippen molar-refractivity contribution in [2.45, 2.75) is 19.8 Å². The first-order chi connectivity index (χ1) is 2.41. The molecular weight excluding hydrogens is 58.9 g/mol. The van der Waals surface area contributed by atoms with E-state index in [0.717, 1.165) is 6.42 Å². The summed E-state index contributed by atoms with van der Waals surface area (Å²) in [4.78, 5) is 0. The van der Waals surface area contributed by atoms with Crippen LogP contribution in [0.25, 0.3) is 0 Å². The summed E-state index contributed by atoms with van der Waals surface area (Å²) in [5.74, 6) is 1.93. The Balaban J connectivity index is 2.40. The van der Waals surface area contributed by atoms with E-state index in [1.54, 1.807) is 0 Å². The van der Waals surface area contributed by atoms with E-state index < -0.39 is 0 Å². The molecule has 0 aromatic rings. The molecule has 28 valence electrons. The maximum absolute atomic E-state index is 3.55. The molecule has 0 amide bonds. The second kappa shape index (κ2) is 3.93. The quantitative estimate of drug-likeness (QED) is 0.413. The van der Waals surface area contributed by atoms with Gasteiger partial charge in [-0.1, -0.05) is 0 Å². The first-order valence-corrected chi connectivity index (χ1v) is 2.02. The number of hydrogen-bond donors (Lipinski definition) is 0. The van der Waals surface area contributed by atoms with Crippen LogP contribution in [-0.2, 0) is 0 Å². The van der Waals surface area contributed by atoms with Crippen LogP contribution in [-0.4, -0.2) is 13.5 Å². The van der Waals surface area contributed by atoms with Crippen LogP contribution < -0.4 is 0 Å². The number of unbranched alkanes of at least 4 members (excludes halogenated alkanes) is 1. The van der Waals surface area contributed by atoms with E-state index in [9.17, 15) is 0 Å². The normalized spacial score (nSPS) is 7.20. The molecule has 0 aliphatic heterocycles. The summed E-state index contributed by atoms with van der Waals surface area (Å²) in [7, 11) is 3.55. The van der Waals surface area contributed by atoms with Gasteiger partial charge in [0.05, 0.1) is 0 Å². The van der Waals surface area contributed by atoms with Crippen LogP contribution in [0.2, 0.25) is 0 Å². The van der Waals surface area contributed by atoms with Gasteiger partial charge in [0.1, 0.15) is 0 Å². The molecule has 0 heterocycles. The molecule has 0 saturated carbocycles. The molecule has 0 aliphatic carbocycles. The van der Waals surface area contributed by atoms with Crippen molar-refractivity contribution in [3.05, 3.63) is 0 Å². The summed E-state index contributed by atoms with van der Waals surface area (Å²) in [6, 6.07) is 0. The first kappa shape index (κ1) is 4.93. The van der Waals surface area contributed by atoms with Gasteiger partial charge in [-0.25, -0.2) is 0 Å². The Kier molecular flexibility index (Phi) is 3.88. The summed E-state index contributed by atoms with van der Waals surface area (Å²) >= 11 is 0. The average molecular weight is 67.9 g/mol. The van der Waals surface area contributed by atoms with Crippen LogP contribution in [0.1, 0.15) is 19.8 Å². The number of rotatable bonds is 2. The van der Waals surface area contributed by atoms with Gasteiger partial charge in [-0.15, -0.1) is 0 Å². The molecule has 0 aliphatic rings. The Labute approximate surface area is 34.3 Å².